The summed E-state index contributed by atoms with van der Waals surface area (Å²) in [6, 6.07) is 12.1. The van der Waals surface area contributed by atoms with Gasteiger partial charge in [-0.1, -0.05) is 18.2 Å². The number of nitrogens with zero attached hydrogens (tertiary/aromatic N) is 1. The Kier molecular flexibility index (Phi) is 4.44. The summed E-state index contributed by atoms with van der Waals surface area (Å²) in [4.78, 5) is 5.14. The van der Waals surface area contributed by atoms with E-state index >= 15 is 0 Å². The van der Waals surface area contributed by atoms with Gasteiger partial charge in [0, 0.05) is 34.0 Å². The molecule has 3 heterocycles. The van der Waals surface area contributed by atoms with Crippen LogP contribution in [0.15, 0.2) is 71.0 Å². The SMILES string of the molecule is OC(c1cccnc1)c1c(-c2ccc(F)cc2)csc1-c1ccsc1. The first-order chi connectivity index (χ1) is 12.2. The smallest absolute Gasteiger partial charge is 0.123 e. The zero-order valence-corrected chi connectivity index (χ0v) is 14.7. The van der Waals surface area contributed by atoms with Crippen LogP contribution in [-0.2, 0) is 0 Å². The molecule has 1 unspecified atom stereocenters. The monoisotopic (exact) mass is 367 g/mol. The van der Waals surface area contributed by atoms with E-state index in [-0.39, 0.29) is 5.82 Å². The molecular formula is C20H14FNOS2. The third-order valence-electron chi connectivity index (χ3n) is 4.04. The molecule has 0 bridgehead atoms. The maximum absolute atomic E-state index is 13.3. The summed E-state index contributed by atoms with van der Waals surface area (Å²) >= 11 is 3.21. The summed E-state index contributed by atoms with van der Waals surface area (Å²) in [5.41, 5.74) is 4.46. The summed E-state index contributed by atoms with van der Waals surface area (Å²) in [6.07, 6.45) is 2.56. The molecule has 0 radical (unpaired) electrons. The first kappa shape index (κ1) is 16.1. The standard InChI is InChI=1S/C20H14FNOS2/c21-16-5-3-13(4-6-16)17-12-25-20(15-7-9-24-11-15)18(17)19(23)14-2-1-8-22-10-14/h1-12,19,23H. The number of halogens is 1. The van der Waals surface area contributed by atoms with Crippen LogP contribution in [0.2, 0.25) is 0 Å². The molecule has 0 saturated heterocycles. The van der Waals surface area contributed by atoms with E-state index in [1.54, 1.807) is 47.2 Å². The number of pyridine rings is 1. The zero-order valence-electron chi connectivity index (χ0n) is 13.1. The van der Waals surface area contributed by atoms with Gasteiger partial charge >= 0.3 is 0 Å². The predicted octanol–water partition coefficient (Wildman–Crippen LogP) is 5.76. The molecule has 124 valence electrons. The molecule has 2 nitrogen and oxygen atoms in total. The van der Waals surface area contributed by atoms with Gasteiger partial charge in [-0.2, -0.15) is 11.3 Å². The van der Waals surface area contributed by atoms with Crippen LogP contribution in [0.3, 0.4) is 0 Å². The second kappa shape index (κ2) is 6.88. The molecule has 1 N–H and O–H groups in total. The van der Waals surface area contributed by atoms with Crippen LogP contribution >= 0.6 is 22.7 Å². The van der Waals surface area contributed by atoms with Crippen LogP contribution in [-0.4, -0.2) is 10.1 Å². The lowest BCUT2D eigenvalue weighted by atomic mass is 9.94. The number of thiophene rings is 2. The number of hydrogen-bond acceptors (Lipinski definition) is 4. The Morgan fingerprint density at radius 2 is 1.84 bits per heavy atom. The van der Waals surface area contributed by atoms with Crippen LogP contribution < -0.4 is 0 Å². The average Bonchev–Trinajstić information content (AvgIpc) is 3.32. The predicted molar refractivity (Wildman–Crippen MR) is 101 cm³/mol. The fourth-order valence-electron chi connectivity index (χ4n) is 2.81. The molecule has 0 fully saturated rings. The van der Waals surface area contributed by atoms with Crippen molar-refractivity contribution in [2.24, 2.45) is 0 Å². The third-order valence-corrected chi connectivity index (χ3v) is 5.77. The molecule has 0 spiro atoms. The maximum atomic E-state index is 13.3. The molecule has 25 heavy (non-hydrogen) atoms. The first-order valence-electron chi connectivity index (χ1n) is 7.72. The van der Waals surface area contributed by atoms with Gasteiger partial charge in [0.2, 0.25) is 0 Å². The van der Waals surface area contributed by atoms with Crippen molar-refractivity contribution < 1.29 is 9.50 Å². The topological polar surface area (TPSA) is 33.1 Å². The molecule has 4 aromatic rings. The van der Waals surface area contributed by atoms with Gasteiger partial charge in [0.1, 0.15) is 11.9 Å². The highest BCUT2D eigenvalue weighted by Crippen LogP contribution is 2.44. The Labute approximate surface area is 152 Å². The van der Waals surface area contributed by atoms with Crippen molar-refractivity contribution in [2.75, 3.05) is 0 Å². The molecule has 0 aliphatic rings. The fourth-order valence-corrected chi connectivity index (χ4v) is 4.64. The Bertz CT molecular complexity index is 963. The van der Waals surface area contributed by atoms with Crippen LogP contribution in [0, 0.1) is 5.82 Å². The van der Waals surface area contributed by atoms with Crippen LogP contribution in [0.25, 0.3) is 21.6 Å². The van der Waals surface area contributed by atoms with Crippen LogP contribution in [0.5, 0.6) is 0 Å². The zero-order chi connectivity index (χ0) is 17.2. The molecule has 0 amide bonds. The van der Waals surface area contributed by atoms with Gasteiger partial charge in [0.05, 0.1) is 0 Å². The minimum atomic E-state index is -0.796. The molecule has 0 saturated carbocycles. The molecule has 5 heteroatoms. The number of benzene rings is 1. The second-order valence-corrected chi connectivity index (χ2v) is 7.26. The second-order valence-electron chi connectivity index (χ2n) is 5.60. The molecule has 4 rings (SSSR count). The molecule has 0 aliphatic carbocycles. The summed E-state index contributed by atoms with van der Waals surface area (Å²) in [6.45, 7) is 0. The van der Waals surface area contributed by atoms with Gasteiger partial charge in [-0.15, -0.1) is 11.3 Å². The van der Waals surface area contributed by atoms with E-state index < -0.39 is 6.10 Å². The largest absolute Gasteiger partial charge is 0.384 e. The van der Waals surface area contributed by atoms with Gasteiger partial charge in [0.25, 0.3) is 0 Å². The lowest BCUT2D eigenvalue weighted by Gasteiger charge is -2.15. The minimum absolute atomic E-state index is 0.272. The highest BCUT2D eigenvalue weighted by Gasteiger charge is 2.23. The Morgan fingerprint density at radius 1 is 1.00 bits per heavy atom. The molecular weight excluding hydrogens is 353 g/mol. The van der Waals surface area contributed by atoms with Gasteiger partial charge < -0.3 is 5.11 Å². The van der Waals surface area contributed by atoms with Crippen LogP contribution in [0.1, 0.15) is 17.2 Å². The molecule has 0 aliphatic heterocycles. The van der Waals surface area contributed by atoms with Crippen molar-refractivity contribution in [3.63, 3.8) is 0 Å². The van der Waals surface area contributed by atoms with Crippen molar-refractivity contribution in [3.8, 4) is 21.6 Å². The van der Waals surface area contributed by atoms with E-state index in [4.69, 9.17) is 0 Å². The van der Waals surface area contributed by atoms with Crippen LogP contribution in [0.4, 0.5) is 4.39 Å². The highest BCUT2D eigenvalue weighted by molar-refractivity contribution is 7.15. The third kappa shape index (κ3) is 3.14. The number of aromatic nitrogens is 1. The van der Waals surface area contributed by atoms with E-state index in [2.05, 4.69) is 10.4 Å². The lowest BCUT2D eigenvalue weighted by Crippen LogP contribution is -2.02. The number of aliphatic hydroxyl groups excluding tert-OH is 1. The van der Waals surface area contributed by atoms with Crippen molar-refractivity contribution >= 4 is 22.7 Å². The number of aliphatic hydroxyl groups is 1. The van der Waals surface area contributed by atoms with Gasteiger partial charge in [0.15, 0.2) is 0 Å². The van der Waals surface area contributed by atoms with Crippen molar-refractivity contribution in [2.45, 2.75) is 6.10 Å². The molecule has 1 atom stereocenters. The quantitative estimate of drug-likeness (QED) is 0.497. The molecule has 1 aromatic carbocycles. The van der Waals surface area contributed by atoms with E-state index in [0.29, 0.717) is 0 Å². The summed E-state index contributed by atoms with van der Waals surface area (Å²) in [5, 5.41) is 17.2. The van der Waals surface area contributed by atoms with E-state index in [9.17, 15) is 9.50 Å². The van der Waals surface area contributed by atoms with E-state index in [1.165, 1.54) is 12.1 Å². The first-order valence-corrected chi connectivity index (χ1v) is 9.54. The summed E-state index contributed by atoms with van der Waals surface area (Å²) < 4.78 is 13.3. The Balaban J connectivity index is 1.89. The average molecular weight is 367 g/mol. The summed E-state index contributed by atoms with van der Waals surface area (Å²) in [5.74, 6) is -0.272. The van der Waals surface area contributed by atoms with Gasteiger partial charge in [-0.3, -0.25) is 4.98 Å². The van der Waals surface area contributed by atoms with E-state index in [1.807, 2.05) is 29.0 Å². The van der Waals surface area contributed by atoms with Crippen molar-refractivity contribution in [3.05, 3.63) is 87.9 Å². The van der Waals surface area contributed by atoms with E-state index in [0.717, 1.165) is 32.7 Å². The Morgan fingerprint density at radius 3 is 2.52 bits per heavy atom. The number of hydrogen-bond donors (Lipinski definition) is 1. The fraction of sp³-hybridized carbons (Fsp3) is 0.0500. The minimum Gasteiger partial charge on any atom is -0.384 e. The van der Waals surface area contributed by atoms with Crippen molar-refractivity contribution in [1.29, 1.82) is 0 Å². The van der Waals surface area contributed by atoms with Gasteiger partial charge in [-0.05, 0) is 51.5 Å². The molecule has 3 aromatic heterocycles. The lowest BCUT2D eigenvalue weighted by molar-refractivity contribution is 0.221. The highest BCUT2D eigenvalue weighted by atomic mass is 32.1. The Hall–Kier alpha value is -2.34. The maximum Gasteiger partial charge on any atom is 0.123 e. The summed E-state index contributed by atoms with van der Waals surface area (Å²) in [7, 11) is 0. The normalized spacial score (nSPS) is 12.2. The van der Waals surface area contributed by atoms with Crippen molar-refractivity contribution in [1.82, 2.24) is 4.98 Å². The van der Waals surface area contributed by atoms with Gasteiger partial charge in [-0.25, -0.2) is 4.39 Å². The number of rotatable bonds is 4.